The Bertz CT molecular complexity index is 735. The molecule has 0 spiro atoms. The van der Waals surface area contributed by atoms with Crippen molar-refractivity contribution >= 4 is 0 Å². The Morgan fingerprint density at radius 1 is 0.356 bits per heavy atom. The molecule has 264 valence electrons. The van der Waals surface area contributed by atoms with Crippen molar-refractivity contribution in [2.24, 2.45) is 81.8 Å². The highest BCUT2D eigenvalue weighted by Gasteiger charge is 2.56. The number of hydrogen-bond donors (Lipinski definition) is 0. The highest BCUT2D eigenvalue weighted by molar-refractivity contribution is 5.06. The van der Waals surface area contributed by atoms with Gasteiger partial charge in [-0.1, -0.05) is 69.2 Å². The van der Waals surface area contributed by atoms with Gasteiger partial charge in [0.05, 0.1) is 24.4 Å². The predicted molar refractivity (Wildman–Crippen MR) is 188 cm³/mol. The van der Waals surface area contributed by atoms with E-state index in [4.69, 9.17) is 18.9 Å². The first-order valence-electron chi connectivity index (χ1n) is 19.3. The summed E-state index contributed by atoms with van der Waals surface area (Å²) in [6.45, 7) is 25.4. The van der Waals surface area contributed by atoms with E-state index >= 15 is 0 Å². The summed E-state index contributed by atoms with van der Waals surface area (Å²) in [6.07, 6.45) is 13.3. The van der Waals surface area contributed by atoms with Crippen LogP contribution in [0, 0.1) is 81.8 Å². The summed E-state index contributed by atoms with van der Waals surface area (Å²) in [4.78, 5) is 0. The Balaban J connectivity index is 1.79. The normalized spacial score (nSPS) is 49.2. The first kappa shape index (κ1) is 37.7. The van der Waals surface area contributed by atoms with Crippen LogP contribution in [0.3, 0.4) is 0 Å². The average Bonchev–Trinajstić information content (AvgIpc) is 2.96. The molecule has 8 atom stereocenters. The van der Waals surface area contributed by atoms with E-state index in [1.165, 1.54) is 57.8 Å². The van der Waals surface area contributed by atoms with Gasteiger partial charge in [-0.3, -0.25) is 0 Å². The van der Waals surface area contributed by atoms with Crippen molar-refractivity contribution in [2.45, 2.75) is 151 Å². The summed E-state index contributed by atoms with van der Waals surface area (Å²) in [6, 6.07) is 0. The van der Waals surface area contributed by atoms with Crippen LogP contribution in [0.1, 0.15) is 127 Å². The fourth-order valence-corrected chi connectivity index (χ4v) is 13.4. The quantitative estimate of drug-likeness (QED) is 0.240. The number of methoxy groups -OCH3 is 4. The van der Waals surface area contributed by atoms with Crippen LogP contribution < -0.4 is 0 Å². The maximum absolute atomic E-state index is 6.12. The molecule has 4 heteroatoms. The Morgan fingerprint density at radius 3 is 0.644 bits per heavy atom. The molecule has 4 aliphatic rings. The van der Waals surface area contributed by atoms with Gasteiger partial charge in [0.25, 0.3) is 0 Å². The van der Waals surface area contributed by atoms with Crippen LogP contribution in [0.25, 0.3) is 0 Å². The first-order valence-corrected chi connectivity index (χ1v) is 19.3. The smallest absolute Gasteiger partial charge is 0.0622 e. The van der Waals surface area contributed by atoms with Crippen molar-refractivity contribution in [1.29, 1.82) is 0 Å². The van der Waals surface area contributed by atoms with E-state index in [1.54, 1.807) is 0 Å². The van der Waals surface area contributed by atoms with Gasteiger partial charge in [0, 0.05) is 28.4 Å². The maximum atomic E-state index is 6.12. The summed E-state index contributed by atoms with van der Waals surface area (Å²) >= 11 is 0. The molecular formula is C41H76O4. The number of hydrogen-bond acceptors (Lipinski definition) is 4. The van der Waals surface area contributed by atoms with Gasteiger partial charge in [-0.2, -0.15) is 0 Å². The Labute approximate surface area is 280 Å². The Morgan fingerprint density at radius 2 is 0.511 bits per heavy atom. The van der Waals surface area contributed by atoms with Crippen LogP contribution in [0.5, 0.6) is 0 Å². The van der Waals surface area contributed by atoms with E-state index in [0.717, 1.165) is 23.7 Å². The summed E-state index contributed by atoms with van der Waals surface area (Å²) in [7, 11) is 7.78. The predicted octanol–water partition coefficient (Wildman–Crippen LogP) is 10.2. The fraction of sp³-hybridized carbons (Fsp3) is 1.00. The molecule has 4 nitrogen and oxygen atoms in total. The highest BCUT2D eigenvalue weighted by Crippen LogP contribution is 2.63. The number of ether oxygens (including phenoxy) is 4. The monoisotopic (exact) mass is 633 g/mol. The lowest BCUT2D eigenvalue weighted by molar-refractivity contribution is -0.140. The largest absolute Gasteiger partial charge is 0.381 e. The molecule has 4 aliphatic carbocycles. The minimum absolute atomic E-state index is 0.284. The summed E-state index contributed by atoms with van der Waals surface area (Å²) in [5.41, 5.74) is 0.568. The van der Waals surface area contributed by atoms with Gasteiger partial charge in [-0.25, -0.2) is 0 Å². The molecule has 4 rings (SSSR count). The molecule has 0 aromatic heterocycles. The minimum Gasteiger partial charge on any atom is -0.381 e. The van der Waals surface area contributed by atoms with Crippen LogP contribution >= 0.6 is 0 Å². The molecule has 0 N–H and O–H groups in total. The summed E-state index contributed by atoms with van der Waals surface area (Å²) in [5, 5.41) is 0. The topological polar surface area (TPSA) is 36.9 Å². The van der Waals surface area contributed by atoms with Crippen LogP contribution in [0.4, 0.5) is 0 Å². The van der Waals surface area contributed by atoms with Crippen molar-refractivity contribution < 1.29 is 18.9 Å². The molecule has 0 radical (unpaired) electrons. The van der Waals surface area contributed by atoms with Crippen LogP contribution in [0.15, 0.2) is 0 Å². The standard InChI is InChI=1S/C41H76O4/c1-24-15-32(16-25(2)36(24)42-11)40(9,33-17-26(3)37(43-12)27(4)18-33)23-41(10,34-19-28(5)38(44-13)29(6)20-34)35-21-30(7)39(45-14)31(8)22-35/h24-39H,15-23H2,1-14H3. The molecule has 0 amide bonds. The van der Waals surface area contributed by atoms with Crippen LogP contribution in [0.2, 0.25) is 0 Å². The van der Waals surface area contributed by atoms with Crippen LogP contribution in [-0.4, -0.2) is 52.9 Å². The van der Waals surface area contributed by atoms with Crippen molar-refractivity contribution in [2.75, 3.05) is 28.4 Å². The van der Waals surface area contributed by atoms with E-state index in [0.29, 0.717) is 71.8 Å². The molecule has 0 aliphatic heterocycles. The van der Waals surface area contributed by atoms with Gasteiger partial charge in [0.2, 0.25) is 0 Å². The van der Waals surface area contributed by atoms with E-state index in [1.807, 2.05) is 28.4 Å². The second-order valence-corrected chi connectivity index (χ2v) is 18.5. The summed E-state index contributed by atoms with van der Waals surface area (Å²) in [5.74, 6) is 7.76. The lowest BCUT2D eigenvalue weighted by Gasteiger charge is -2.60. The van der Waals surface area contributed by atoms with Crippen molar-refractivity contribution in [3.63, 3.8) is 0 Å². The zero-order chi connectivity index (χ0) is 33.4. The third-order valence-corrected chi connectivity index (χ3v) is 15.3. The molecule has 0 aromatic carbocycles. The molecule has 8 unspecified atom stereocenters. The van der Waals surface area contributed by atoms with Gasteiger partial charge in [-0.15, -0.1) is 0 Å². The van der Waals surface area contributed by atoms with Crippen molar-refractivity contribution in [3.05, 3.63) is 0 Å². The van der Waals surface area contributed by atoms with Crippen molar-refractivity contribution in [3.8, 4) is 0 Å². The molecule has 4 saturated carbocycles. The lowest BCUT2D eigenvalue weighted by atomic mass is 9.46. The highest BCUT2D eigenvalue weighted by atomic mass is 16.5. The second kappa shape index (κ2) is 15.2. The van der Waals surface area contributed by atoms with Gasteiger partial charge in [-0.05, 0) is 140 Å². The van der Waals surface area contributed by atoms with E-state index in [-0.39, 0.29) is 10.8 Å². The molecule has 0 bridgehead atoms. The average molecular weight is 633 g/mol. The third kappa shape index (κ3) is 7.40. The first-order chi connectivity index (χ1) is 21.1. The molecule has 4 fully saturated rings. The van der Waals surface area contributed by atoms with Gasteiger partial charge >= 0.3 is 0 Å². The zero-order valence-electron chi connectivity index (χ0n) is 32.2. The van der Waals surface area contributed by atoms with E-state index in [2.05, 4.69) is 69.2 Å². The lowest BCUT2D eigenvalue weighted by Crippen LogP contribution is -2.54. The SMILES string of the molecule is COC1C(C)CC(C(C)(CC(C)(C2CC(C)C(OC)C(C)C2)C2CC(C)C(OC)C(C)C2)C2CC(C)C(OC)C(C)C2)CC1C. The van der Waals surface area contributed by atoms with Crippen LogP contribution in [-0.2, 0) is 18.9 Å². The summed E-state index contributed by atoms with van der Waals surface area (Å²) < 4.78 is 24.5. The number of rotatable bonds is 10. The van der Waals surface area contributed by atoms with Gasteiger partial charge in [0.15, 0.2) is 0 Å². The fourth-order valence-electron chi connectivity index (χ4n) is 13.4. The zero-order valence-corrected chi connectivity index (χ0v) is 32.2. The van der Waals surface area contributed by atoms with E-state index in [9.17, 15) is 0 Å². The molecule has 45 heavy (non-hydrogen) atoms. The maximum Gasteiger partial charge on any atom is 0.0622 e. The second-order valence-electron chi connectivity index (χ2n) is 18.5. The van der Waals surface area contributed by atoms with E-state index < -0.39 is 0 Å². The van der Waals surface area contributed by atoms with Crippen molar-refractivity contribution in [1.82, 2.24) is 0 Å². The Kier molecular flexibility index (Phi) is 12.7. The third-order valence-electron chi connectivity index (χ3n) is 15.3. The van der Waals surface area contributed by atoms with Gasteiger partial charge < -0.3 is 18.9 Å². The Hall–Kier alpha value is -0.160. The molecule has 0 aromatic rings. The molecule has 0 saturated heterocycles. The molecule has 0 heterocycles. The molecular weight excluding hydrogens is 556 g/mol. The van der Waals surface area contributed by atoms with Gasteiger partial charge in [0.1, 0.15) is 0 Å². The minimum atomic E-state index is 0.284.